The Hall–Kier alpha value is -1.03. The average Bonchev–Trinajstić information content (AvgIpc) is 2.39. The second kappa shape index (κ2) is 6.64. The molecule has 1 aliphatic rings. The van der Waals surface area contributed by atoms with Gasteiger partial charge in [-0.15, -0.1) is 0 Å². The molecule has 1 aliphatic carbocycles. The molecule has 1 fully saturated rings. The van der Waals surface area contributed by atoms with Gasteiger partial charge in [-0.25, -0.2) is 4.98 Å². The lowest BCUT2D eigenvalue weighted by Crippen LogP contribution is -2.37. The number of hydrogen-bond acceptors (Lipinski definition) is 3. The molecule has 0 spiro atoms. The number of hydrogen-bond donors (Lipinski definition) is 1. The van der Waals surface area contributed by atoms with Crippen molar-refractivity contribution in [2.75, 3.05) is 5.75 Å². The number of carbonyl (C=O) groups excluding carboxylic acids is 1. The van der Waals surface area contributed by atoms with Crippen molar-refractivity contribution in [3.63, 3.8) is 0 Å². The summed E-state index contributed by atoms with van der Waals surface area (Å²) in [5.74, 6) is 0.598. The van der Waals surface area contributed by atoms with Gasteiger partial charge in [0.1, 0.15) is 0 Å². The van der Waals surface area contributed by atoms with E-state index in [4.69, 9.17) is 0 Å². The highest BCUT2D eigenvalue weighted by Crippen LogP contribution is 2.18. The Labute approximate surface area is 106 Å². The van der Waals surface area contributed by atoms with Crippen molar-refractivity contribution in [1.29, 1.82) is 0 Å². The topological polar surface area (TPSA) is 42.0 Å². The molecular formula is C13H18N2OS. The number of nitrogens with one attached hydrogen (secondary N) is 1. The molecule has 3 nitrogen and oxygen atoms in total. The van der Waals surface area contributed by atoms with Crippen LogP contribution >= 0.6 is 11.8 Å². The zero-order valence-corrected chi connectivity index (χ0v) is 10.7. The number of pyridine rings is 1. The van der Waals surface area contributed by atoms with Crippen LogP contribution in [0.2, 0.25) is 0 Å². The van der Waals surface area contributed by atoms with Crippen molar-refractivity contribution < 1.29 is 4.79 Å². The van der Waals surface area contributed by atoms with Crippen LogP contribution in [0.25, 0.3) is 0 Å². The van der Waals surface area contributed by atoms with E-state index in [1.165, 1.54) is 31.0 Å². The molecule has 1 N–H and O–H groups in total. The lowest BCUT2D eigenvalue weighted by Gasteiger charge is -2.22. The first-order valence-corrected chi connectivity index (χ1v) is 7.16. The van der Waals surface area contributed by atoms with Crippen LogP contribution in [-0.2, 0) is 4.79 Å². The molecule has 0 saturated heterocycles. The van der Waals surface area contributed by atoms with Crippen LogP contribution in [0, 0.1) is 0 Å². The minimum absolute atomic E-state index is 0.132. The van der Waals surface area contributed by atoms with Gasteiger partial charge >= 0.3 is 0 Å². The summed E-state index contributed by atoms with van der Waals surface area (Å²) in [5, 5.41) is 4.01. The van der Waals surface area contributed by atoms with Gasteiger partial charge in [-0.2, -0.15) is 0 Å². The standard InChI is InChI=1S/C13H18N2OS/c16-12(15-11-6-2-1-3-7-11)10-17-13-8-4-5-9-14-13/h4-5,8-9,11H,1-3,6-7,10H2,(H,15,16). The molecule has 1 saturated carbocycles. The minimum atomic E-state index is 0.132. The zero-order chi connectivity index (χ0) is 11.9. The second-order valence-electron chi connectivity index (χ2n) is 4.36. The van der Waals surface area contributed by atoms with Gasteiger partial charge < -0.3 is 5.32 Å². The van der Waals surface area contributed by atoms with E-state index in [1.807, 2.05) is 18.2 Å². The van der Waals surface area contributed by atoms with Gasteiger partial charge in [0.15, 0.2) is 0 Å². The third kappa shape index (κ3) is 4.38. The van der Waals surface area contributed by atoms with Crippen molar-refractivity contribution in [1.82, 2.24) is 10.3 Å². The van der Waals surface area contributed by atoms with Crippen LogP contribution in [-0.4, -0.2) is 22.7 Å². The van der Waals surface area contributed by atoms with Crippen molar-refractivity contribution in [2.45, 2.75) is 43.2 Å². The molecule has 0 radical (unpaired) electrons. The molecule has 0 bridgehead atoms. The average molecular weight is 250 g/mol. The van der Waals surface area contributed by atoms with Crippen LogP contribution in [0.4, 0.5) is 0 Å². The summed E-state index contributed by atoms with van der Waals surface area (Å²) in [6.07, 6.45) is 7.84. The highest BCUT2D eigenvalue weighted by molar-refractivity contribution is 7.99. The smallest absolute Gasteiger partial charge is 0.230 e. The summed E-state index contributed by atoms with van der Waals surface area (Å²) in [6, 6.07) is 6.15. The van der Waals surface area contributed by atoms with Crippen molar-refractivity contribution in [2.24, 2.45) is 0 Å². The SMILES string of the molecule is O=C(CSc1ccccn1)NC1CCCCC1. The Morgan fingerprint density at radius 1 is 1.35 bits per heavy atom. The third-order valence-electron chi connectivity index (χ3n) is 2.96. The fourth-order valence-corrected chi connectivity index (χ4v) is 2.76. The summed E-state index contributed by atoms with van der Waals surface area (Å²) in [4.78, 5) is 15.9. The molecule has 0 aromatic carbocycles. The molecule has 4 heteroatoms. The zero-order valence-electron chi connectivity index (χ0n) is 9.89. The van der Waals surface area contributed by atoms with Gasteiger partial charge in [0.2, 0.25) is 5.91 Å². The van der Waals surface area contributed by atoms with Gasteiger partial charge in [-0.1, -0.05) is 37.1 Å². The van der Waals surface area contributed by atoms with Crippen LogP contribution in [0.1, 0.15) is 32.1 Å². The summed E-state index contributed by atoms with van der Waals surface area (Å²) >= 11 is 1.49. The number of thioether (sulfide) groups is 1. The Bertz CT molecular complexity index is 350. The lowest BCUT2D eigenvalue weighted by atomic mass is 9.95. The molecule has 1 aromatic heterocycles. The van der Waals surface area contributed by atoms with Crippen LogP contribution in [0.3, 0.4) is 0 Å². The van der Waals surface area contributed by atoms with Gasteiger partial charge in [0, 0.05) is 12.2 Å². The van der Waals surface area contributed by atoms with E-state index in [9.17, 15) is 4.79 Å². The maximum Gasteiger partial charge on any atom is 0.230 e. The summed E-state index contributed by atoms with van der Waals surface area (Å²) in [7, 11) is 0. The molecule has 0 atom stereocenters. The first-order valence-electron chi connectivity index (χ1n) is 6.18. The minimum Gasteiger partial charge on any atom is -0.353 e. The van der Waals surface area contributed by atoms with Gasteiger partial charge in [-0.3, -0.25) is 4.79 Å². The highest BCUT2D eigenvalue weighted by atomic mass is 32.2. The fraction of sp³-hybridized carbons (Fsp3) is 0.538. The van der Waals surface area contributed by atoms with Gasteiger partial charge in [0.25, 0.3) is 0 Å². The molecule has 1 aromatic rings. The maximum atomic E-state index is 11.7. The summed E-state index contributed by atoms with van der Waals surface area (Å²) in [5.41, 5.74) is 0. The van der Waals surface area contributed by atoms with E-state index in [2.05, 4.69) is 10.3 Å². The Balaban J connectivity index is 1.70. The molecule has 2 rings (SSSR count). The number of rotatable bonds is 4. The fourth-order valence-electron chi connectivity index (χ4n) is 2.09. The largest absolute Gasteiger partial charge is 0.353 e. The normalized spacial score (nSPS) is 16.7. The van der Waals surface area contributed by atoms with E-state index < -0.39 is 0 Å². The molecule has 92 valence electrons. The van der Waals surface area contributed by atoms with E-state index >= 15 is 0 Å². The summed E-state index contributed by atoms with van der Waals surface area (Å²) < 4.78 is 0. The van der Waals surface area contributed by atoms with E-state index in [1.54, 1.807) is 6.20 Å². The molecule has 0 aliphatic heterocycles. The quantitative estimate of drug-likeness (QED) is 0.835. The van der Waals surface area contributed by atoms with E-state index in [-0.39, 0.29) is 5.91 Å². The monoisotopic (exact) mass is 250 g/mol. The Morgan fingerprint density at radius 2 is 2.18 bits per heavy atom. The van der Waals surface area contributed by atoms with Gasteiger partial charge in [0.05, 0.1) is 10.8 Å². The molecule has 17 heavy (non-hydrogen) atoms. The lowest BCUT2D eigenvalue weighted by molar-refractivity contribution is -0.119. The van der Waals surface area contributed by atoms with Crippen molar-refractivity contribution in [3.05, 3.63) is 24.4 Å². The maximum absolute atomic E-state index is 11.7. The van der Waals surface area contributed by atoms with Crippen molar-refractivity contribution in [3.8, 4) is 0 Å². The predicted molar refractivity (Wildman–Crippen MR) is 70.0 cm³/mol. The Morgan fingerprint density at radius 3 is 2.88 bits per heavy atom. The molecule has 1 amide bonds. The number of carbonyl (C=O) groups is 1. The second-order valence-corrected chi connectivity index (χ2v) is 5.35. The van der Waals surface area contributed by atoms with Crippen LogP contribution in [0.15, 0.2) is 29.4 Å². The van der Waals surface area contributed by atoms with E-state index in [0.717, 1.165) is 17.9 Å². The summed E-state index contributed by atoms with van der Waals surface area (Å²) in [6.45, 7) is 0. The Kier molecular flexibility index (Phi) is 4.86. The predicted octanol–water partition coefficient (Wildman–Crippen LogP) is 2.62. The molecule has 1 heterocycles. The van der Waals surface area contributed by atoms with Gasteiger partial charge in [-0.05, 0) is 25.0 Å². The number of nitrogens with zero attached hydrogens (tertiary/aromatic N) is 1. The number of amides is 1. The number of aromatic nitrogens is 1. The molecular weight excluding hydrogens is 232 g/mol. The van der Waals surface area contributed by atoms with Crippen LogP contribution < -0.4 is 5.32 Å². The molecule has 0 unspecified atom stereocenters. The van der Waals surface area contributed by atoms with Crippen molar-refractivity contribution >= 4 is 17.7 Å². The van der Waals surface area contributed by atoms with Crippen LogP contribution in [0.5, 0.6) is 0 Å². The third-order valence-corrected chi connectivity index (χ3v) is 3.90. The van der Waals surface area contributed by atoms with E-state index in [0.29, 0.717) is 11.8 Å². The first-order chi connectivity index (χ1) is 8.34. The highest BCUT2D eigenvalue weighted by Gasteiger charge is 2.15. The first kappa shape index (κ1) is 12.4.